The number of carbonyl (C=O) groups excluding carboxylic acids is 3. The van der Waals surface area contributed by atoms with Gasteiger partial charge in [-0.2, -0.15) is 4.40 Å². The Morgan fingerprint density at radius 2 is 2.15 bits per heavy atom. The molecule has 14 nitrogen and oxygen atoms in total. The Hall–Kier alpha value is -3.96. The summed E-state index contributed by atoms with van der Waals surface area (Å²) in [5.74, 6) is -4.01. The van der Waals surface area contributed by atoms with Crippen molar-refractivity contribution in [2.75, 3.05) is 11.5 Å². The number of rotatable bonds is 9. The number of thiazole rings is 2. The average molecular weight is 592 g/mol. The molecular formula is C22H21N7O7S3. The molecule has 17 heteroatoms. The van der Waals surface area contributed by atoms with Gasteiger partial charge in [0.15, 0.2) is 10.8 Å². The van der Waals surface area contributed by atoms with Gasteiger partial charge in [-0.15, -0.1) is 23.1 Å². The number of nitrogen functional groups attached to an aromatic ring is 1. The van der Waals surface area contributed by atoms with E-state index in [1.807, 2.05) is 33.1 Å². The maximum atomic E-state index is 13.2. The van der Waals surface area contributed by atoms with E-state index in [1.54, 1.807) is 0 Å². The second-order valence-electron chi connectivity index (χ2n) is 9.08. The number of hydrogen-bond donors (Lipinski definition) is 3. The summed E-state index contributed by atoms with van der Waals surface area (Å²) < 4.78 is 3.73. The van der Waals surface area contributed by atoms with Gasteiger partial charge >= 0.3 is 5.97 Å². The topological polar surface area (TPSA) is 196 Å². The number of amides is 2. The van der Waals surface area contributed by atoms with E-state index in [-0.39, 0.29) is 28.8 Å². The van der Waals surface area contributed by atoms with Crippen LogP contribution in [0.1, 0.15) is 19.5 Å². The maximum absolute atomic E-state index is 13.2. The van der Waals surface area contributed by atoms with Crippen LogP contribution < -0.4 is 20.7 Å². The van der Waals surface area contributed by atoms with Gasteiger partial charge in [0.25, 0.3) is 11.8 Å². The zero-order chi connectivity index (χ0) is 28.1. The molecule has 2 amide bonds. The Labute approximate surface area is 232 Å². The number of anilines is 1. The fourth-order valence-electron chi connectivity index (χ4n) is 3.94. The SMILES string of the molecule is CC(C)(O/N=C(\C(=O)N[C@@H]1C(=O)N2C(C(=O)[O-])=C(C[n+]3cc4sccn4c3)CS[C@H]12)c1csc(N)n1)C(=O)O. The first-order valence-corrected chi connectivity index (χ1v) is 14.1. The van der Waals surface area contributed by atoms with Gasteiger partial charge in [-0.1, -0.05) is 16.5 Å². The van der Waals surface area contributed by atoms with Crippen molar-refractivity contribution in [3.05, 3.63) is 46.4 Å². The first-order chi connectivity index (χ1) is 18.5. The molecule has 3 aromatic heterocycles. The monoisotopic (exact) mass is 591 g/mol. The number of aliphatic carboxylic acids is 2. The Bertz CT molecular complexity index is 1540. The molecule has 4 N–H and O–H groups in total. The van der Waals surface area contributed by atoms with E-state index < -0.39 is 40.8 Å². The first kappa shape index (κ1) is 26.6. The van der Waals surface area contributed by atoms with Crippen LogP contribution in [-0.4, -0.2) is 71.6 Å². The Balaban J connectivity index is 1.36. The molecule has 0 aliphatic carbocycles. The van der Waals surface area contributed by atoms with Crippen LogP contribution in [0.15, 0.2) is 45.9 Å². The number of aromatic nitrogens is 3. The summed E-state index contributed by atoms with van der Waals surface area (Å²) in [6.45, 7) is 2.74. The molecule has 2 atom stereocenters. The molecular weight excluding hydrogens is 570 g/mol. The van der Waals surface area contributed by atoms with E-state index in [1.165, 1.54) is 42.3 Å². The number of β-lactam (4-membered cyclic amide) rings is 1. The number of carboxylic acid groups (broad SMARTS) is 2. The Kier molecular flexibility index (Phi) is 6.81. The summed E-state index contributed by atoms with van der Waals surface area (Å²) in [4.78, 5) is 61.0. The molecule has 2 aliphatic heterocycles. The predicted octanol–water partition coefficient (Wildman–Crippen LogP) is -0.985. The third-order valence-electron chi connectivity index (χ3n) is 5.97. The number of nitrogens with zero attached hydrogens (tertiary/aromatic N) is 5. The van der Waals surface area contributed by atoms with Gasteiger partial charge in [-0.25, -0.2) is 14.3 Å². The van der Waals surface area contributed by atoms with Gasteiger partial charge in [0, 0.05) is 22.1 Å². The smallest absolute Gasteiger partial charge is 0.350 e. The van der Waals surface area contributed by atoms with E-state index in [0.29, 0.717) is 11.3 Å². The van der Waals surface area contributed by atoms with Crippen molar-refractivity contribution in [2.45, 2.75) is 37.4 Å². The molecule has 1 fully saturated rings. The molecule has 5 heterocycles. The average Bonchev–Trinajstić information content (AvgIpc) is 3.59. The number of carbonyl (C=O) groups is 4. The van der Waals surface area contributed by atoms with Crippen LogP contribution in [0.3, 0.4) is 0 Å². The van der Waals surface area contributed by atoms with Crippen molar-refractivity contribution in [1.29, 1.82) is 0 Å². The lowest BCUT2D eigenvalue weighted by molar-refractivity contribution is -0.687. The first-order valence-electron chi connectivity index (χ1n) is 11.3. The molecule has 39 heavy (non-hydrogen) atoms. The third-order valence-corrected chi connectivity index (χ3v) is 8.80. The fourth-order valence-corrected chi connectivity index (χ4v) is 6.58. The maximum Gasteiger partial charge on any atom is 0.350 e. The Morgan fingerprint density at radius 1 is 1.38 bits per heavy atom. The van der Waals surface area contributed by atoms with Crippen LogP contribution in [0.25, 0.3) is 4.83 Å². The largest absolute Gasteiger partial charge is 0.543 e. The van der Waals surface area contributed by atoms with Crippen molar-refractivity contribution in [3.63, 3.8) is 0 Å². The summed E-state index contributed by atoms with van der Waals surface area (Å²) in [7, 11) is 0. The van der Waals surface area contributed by atoms with Crippen LogP contribution >= 0.6 is 34.4 Å². The second kappa shape index (κ2) is 9.97. The highest BCUT2D eigenvalue weighted by atomic mass is 32.2. The highest BCUT2D eigenvalue weighted by molar-refractivity contribution is 8.00. The van der Waals surface area contributed by atoms with Crippen molar-refractivity contribution in [1.82, 2.24) is 19.6 Å². The second-order valence-corrected chi connectivity index (χ2v) is 12.0. The van der Waals surface area contributed by atoms with Gasteiger partial charge in [0.05, 0.1) is 11.7 Å². The van der Waals surface area contributed by atoms with Gasteiger partial charge in [0.2, 0.25) is 16.8 Å². The summed E-state index contributed by atoms with van der Waals surface area (Å²) >= 11 is 3.86. The molecule has 1 saturated heterocycles. The number of fused-ring (bicyclic) bond motifs is 2. The number of nitrogens with one attached hydrogen (secondary N) is 1. The molecule has 0 unspecified atom stereocenters. The number of nitrogens with two attached hydrogens (primary N) is 1. The summed E-state index contributed by atoms with van der Waals surface area (Å²) in [5.41, 5.74) is 3.84. The number of thioether (sulfide) groups is 1. The molecule has 5 rings (SSSR count). The van der Waals surface area contributed by atoms with Crippen molar-refractivity contribution < 1.29 is 38.8 Å². The van der Waals surface area contributed by atoms with E-state index in [4.69, 9.17) is 10.6 Å². The lowest BCUT2D eigenvalue weighted by Gasteiger charge is -2.50. The van der Waals surface area contributed by atoms with Crippen LogP contribution in [0, 0.1) is 0 Å². The van der Waals surface area contributed by atoms with Crippen LogP contribution in [-0.2, 0) is 30.6 Å². The number of hydrogen-bond acceptors (Lipinski definition) is 12. The molecule has 0 saturated carbocycles. The van der Waals surface area contributed by atoms with Gasteiger partial charge in [-0.3, -0.25) is 14.5 Å². The van der Waals surface area contributed by atoms with Crippen LogP contribution in [0.4, 0.5) is 5.13 Å². The minimum absolute atomic E-state index is 0.0261. The Morgan fingerprint density at radius 3 is 2.79 bits per heavy atom. The van der Waals surface area contributed by atoms with Gasteiger partial charge in [0.1, 0.15) is 36.0 Å². The van der Waals surface area contributed by atoms with Crippen molar-refractivity contribution >= 4 is 73.9 Å². The van der Waals surface area contributed by atoms with Crippen molar-refractivity contribution in [3.8, 4) is 0 Å². The van der Waals surface area contributed by atoms with Gasteiger partial charge in [-0.05, 0) is 13.8 Å². The van der Waals surface area contributed by atoms with E-state index in [0.717, 1.165) is 21.1 Å². The summed E-state index contributed by atoms with van der Waals surface area (Å²) in [5, 5.41) is 30.5. The van der Waals surface area contributed by atoms with E-state index >= 15 is 0 Å². The molecule has 2 aliphatic rings. The molecule has 3 aromatic rings. The van der Waals surface area contributed by atoms with Crippen LogP contribution in [0.5, 0.6) is 0 Å². The van der Waals surface area contributed by atoms with Gasteiger partial charge < -0.3 is 30.9 Å². The number of oxime groups is 1. The zero-order valence-electron chi connectivity index (χ0n) is 20.4. The standard InChI is InChI=1S/C22H21N7O7S3/c1-22(2,20(34)35)36-26-13(11-8-39-21(23)24-11)16(30)25-14-17(31)29-15(19(32)33)10(7-38-18(14)29)5-27-6-12-28(9-27)3-4-37-12/h3-4,6,8-9,14,18H,5,7H2,1-2H3,(H4-,23,24,25,30,32,33,34,35)/b26-13-/t14-,18-/m1/s1. The lowest BCUT2D eigenvalue weighted by Crippen LogP contribution is -2.71. The minimum Gasteiger partial charge on any atom is -0.543 e. The quantitative estimate of drug-likeness (QED) is 0.120. The molecule has 0 aromatic carbocycles. The minimum atomic E-state index is -1.76. The molecule has 0 bridgehead atoms. The number of imidazole rings is 1. The summed E-state index contributed by atoms with van der Waals surface area (Å²) in [6, 6.07) is -1.07. The third kappa shape index (κ3) is 4.95. The highest BCUT2D eigenvalue weighted by Crippen LogP contribution is 2.40. The number of carboxylic acids is 2. The molecule has 204 valence electrons. The fraction of sp³-hybridized carbons (Fsp3) is 0.318. The van der Waals surface area contributed by atoms with Crippen molar-refractivity contribution in [2.24, 2.45) is 5.16 Å². The lowest BCUT2D eigenvalue weighted by atomic mass is 10.0. The summed E-state index contributed by atoms with van der Waals surface area (Å²) in [6.07, 6.45) is 5.58. The van der Waals surface area contributed by atoms with Crippen LogP contribution in [0.2, 0.25) is 0 Å². The van der Waals surface area contributed by atoms with E-state index in [2.05, 4.69) is 15.5 Å². The molecule has 0 spiro atoms. The molecule has 0 radical (unpaired) electrons. The zero-order valence-corrected chi connectivity index (χ0v) is 22.8. The predicted molar refractivity (Wildman–Crippen MR) is 138 cm³/mol. The highest BCUT2D eigenvalue weighted by Gasteiger charge is 2.53. The normalized spacial score (nSPS) is 19.6. The van der Waals surface area contributed by atoms with E-state index in [9.17, 15) is 29.4 Å².